The van der Waals surface area contributed by atoms with Crippen LogP contribution in [0.4, 0.5) is 5.69 Å². The number of unbranched alkanes of at least 4 members (excludes halogenated alkanes) is 1. The minimum atomic E-state index is 0.0485. The van der Waals surface area contributed by atoms with Gasteiger partial charge in [0.1, 0.15) is 0 Å². The molecule has 1 rings (SSSR count). The molecule has 1 amide bonds. The molecule has 1 aromatic carbocycles. The molecule has 1 aromatic rings. The first-order valence-electron chi connectivity index (χ1n) is 6.44. The number of aryl methyl sites for hydroxylation is 1. The molecule has 94 valence electrons. The summed E-state index contributed by atoms with van der Waals surface area (Å²) >= 11 is 0. The van der Waals surface area contributed by atoms with Gasteiger partial charge in [-0.05, 0) is 31.0 Å². The maximum absolute atomic E-state index is 12.2. The number of nitrogens with zero attached hydrogens (tertiary/aromatic N) is 1. The minimum absolute atomic E-state index is 0.0485. The van der Waals surface area contributed by atoms with Gasteiger partial charge in [0, 0.05) is 18.2 Å². The predicted molar refractivity (Wildman–Crippen MR) is 73.3 cm³/mol. The third-order valence-corrected chi connectivity index (χ3v) is 2.81. The Morgan fingerprint density at radius 3 is 2.59 bits per heavy atom. The first-order chi connectivity index (χ1) is 8.06. The average Bonchev–Trinajstić information content (AvgIpc) is 2.29. The molecule has 0 spiro atoms. The zero-order valence-electron chi connectivity index (χ0n) is 11.4. The molecule has 0 unspecified atom stereocenters. The van der Waals surface area contributed by atoms with Crippen LogP contribution in [0.3, 0.4) is 0 Å². The number of amides is 1. The van der Waals surface area contributed by atoms with Gasteiger partial charge in [-0.15, -0.1) is 0 Å². The second-order valence-electron chi connectivity index (χ2n) is 4.84. The normalized spacial score (nSPS) is 10.6. The summed E-state index contributed by atoms with van der Waals surface area (Å²) in [6, 6.07) is 8.16. The highest BCUT2D eigenvalue weighted by molar-refractivity contribution is 5.94. The molecule has 0 atom stereocenters. The summed E-state index contributed by atoms with van der Waals surface area (Å²) in [5.41, 5.74) is 2.22. The number of hydrogen-bond donors (Lipinski definition) is 0. The average molecular weight is 233 g/mol. The zero-order chi connectivity index (χ0) is 12.8. The van der Waals surface area contributed by atoms with Gasteiger partial charge in [0.15, 0.2) is 0 Å². The Labute approximate surface area is 105 Å². The molecule has 0 saturated carbocycles. The third kappa shape index (κ3) is 3.88. The Hall–Kier alpha value is -1.31. The van der Waals surface area contributed by atoms with Crippen LogP contribution in [0.5, 0.6) is 0 Å². The van der Waals surface area contributed by atoms with Gasteiger partial charge >= 0.3 is 0 Å². The summed E-state index contributed by atoms with van der Waals surface area (Å²) in [6.45, 7) is 8.93. The number of rotatable bonds is 5. The second kappa shape index (κ2) is 6.43. The Morgan fingerprint density at radius 2 is 2.06 bits per heavy atom. The van der Waals surface area contributed by atoms with Gasteiger partial charge in [0.25, 0.3) is 0 Å². The molecule has 2 nitrogen and oxygen atoms in total. The summed E-state index contributed by atoms with van der Waals surface area (Å²) in [7, 11) is 0. The van der Waals surface area contributed by atoms with Crippen LogP contribution in [0.15, 0.2) is 24.3 Å². The number of benzene rings is 1. The van der Waals surface area contributed by atoms with Crippen LogP contribution in [-0.4, -0.2) is 12.5 Å². The van der Waals surface area contributed by atoms with Crippen molar-refractivity contribution in [3.8, 4) is 0 Å². The van der Waals surface area contributed by atoms with Crippen molar-refractivity contribution in [2.45, 2.75) is 40.5 Å². The summed E-state index contributed by atoms with van der Waals surface area (Å²) in [4.78, 5) is 14.1. The van der Waals surface area contributed by atoms with Gasteiger partial charge in [-0.2, -0.15) is 0 Å². The molecular formula is C15H23NO. The van der Waals surface area contributed by atoms with Gasteiger partial charge in [-0.25, -0.2) is 0 Å². The number of anilines is 1. The van der Waals surface area contributed by atoms with Crippen LogP contribution in [0.2, 0.25) is 0 Å². The molecule has 0 radical (unpaired) electrons. The lowest BCUT2D eigenvalue weighted by Crippen LogP contribution is -2.35. The molecule has 17 heavy (non-hydrogen) atoms. The van der Waals surface area contributed by atoms with Crippen LogP contribution in [-0.2, 0) is 4.79 Å². The molecule has 0 heterocycles. The number of carbonyl (C=O) groups is 1. The highest BCUT2D eigenvalue weighted by atomic mass is 16.2. The van der Waals surface area contributed by atoms with E-state index in [1.54, 1.807) is 0 Å². The van der Waals surface area contributed by atoms with Crippen molar-refractivity contribution in [1.29, 1.82) is 0 Å². The van der Waals surface area contributed by atoms with E-state index in [0.717, 1.165) is 25.1 Å². The van der Waals surface area contributed by atoms with Crippen molar-refractivity contribution in [2.75, 3.05) is 11.4 Å². The fraction of sp³-hybridized carbons (Fsp3) is 0.533. The van der Waals surface area contributed by atoms with E-state index >= 15 is 0 Å². The van der Waals surface area contributed by atoms with E-state index in [-0.39, 0.29) is 11.8 Å². The van der Waals surface area contributed by atoms with Crippen LogP contribution in [0.1, 0.15) is 39.2 Å². The van der Waals surface area contributed by atoms with Gasteiger partial charge in [0.05, 0.1) is 0 Å². The first kappa shape index (κ1) is 13.8. The largest absolute Gasteiger partial charge is 0.312 e. The lowest BCUT2D eigenvalue weighted by atomic mass is 10.1. The van der Waals surface area contributed by atoms with Crippen molar-refractivity contribution in [2.24, 2.45) is 5.92 Å². The van der Waals surface area contributed by atoms with E-state index in [4.69, 9.17) is 0 Å². The van der Waals surface area contributed by atoms with Crippen LogP contribution >= 0.6 is 0 Å². The van der Waals surface area contributed by atoms with Crippen molar-refractivity contribution in [1.82, 2.24) is 0 Å². The Morgan fingerprint density at radius 1 is 1.35 bits per heavy atom. The molecule has 2 heteroatoms. The monoisotopic (exact) mass is 233 g/mol. The maximum Gasteiger partial charge on any atom is 0.229 e. The fourth-order valence-electron chi connectivity index (χ4n) is 1.79. The molecule has 0 aliphatic carbocycles. The third-order valence-electron chi connectivity index (χ3n) is 2.81. The smallest absolute Gasteiger partial charge is 0.229 e. The van der Waals surface area contributed by atoms with Gasteiger partial charge in [0.2, 0.25) is 5.91 Å². The lowest BCUT2D eigenvalue weighted by molar-refractivity contribution is -0.121. The van der Waals surface area contributed by atoms with Gasteiger partial charge in [-0.3, -0.25) is 4.79 Å². The summed E-state index contributed by atoms with van der Waals surface area (Å²) in [5.74, 6) is 0.261. The molecular weight excluding hydrogens is 210 g/mol. The molecule has 0 aliphatic rings. The molecule has 0 bridgehead atoms. The highest BCUT2D eigenvalue weighted by Gasteiger charge is 2.18. The summed E-state index contributed by atoms with van der Waals surface area (Å²) in [5, 5.41) is 0. The Kier molecular flexibility index (Phi) is 5.20. The standard InChI is InChI=1S/C15H23NO/c1-5-6-10-16(15(17)12(2)3)14-9-7-8-13(4)11-14/h7-9,11-12H,5-6,10H2,1-4H3. The molecule has 0 saturated heterocycles. The predicted octanol–water partition coefficient (Wildman–Crippen LogP) is 3.78. The lowest BCUT2D eigenvalue weighted by Gasteiger charge is -2.25. The van der Waals surface area contributed by atoms with Crippen LogP contribution < -0.4 is 4.90 Å². The fourth-order valence-corrected chi connectivity index (χ4v) is 1.79. The van der Waals surface area contributed by atoms with Gasteiger partial charge in [-0.1, -0.05) is 39.3 Å². The maximum atomic E-state index is 12.2. The zero-order valence-corrected chi connectivity index (χ0v) is 11.4. The first-order valence-corrected chi connectivity index (χ1v) is 6.44. The van der Waals surface area contributed by atoms with Crippen molar-refractivity contribution in [3.05, 3.63) is 29.8 Å². The van der Waals surface area contributed by atoms with Gasteiger partial charge < -0.3 is 4.90 Å². The topological polar surface area (TPSA) is 20.3 Å². The van der Waals surface area contributed by atoms with E-state index < -0.39 is 0 Å². The van der Waals surface area contributed by atoms with E-state index in [1.807, 2.05) is 30.9 Å². The number of hydrogen-bond acceptors (Lipinski definition) is 1. The van der Waals surface area contributed by atoms with E-state index in [0.29, 0.717) is 0 Å². The van der Waals surface area contributed by atoms with Crippen LogP contribution in [0.25, 0.3) is 0 Å². The number of carbonyl (C=O) groups excluding carboxylic acids is 1. The van der Waals surface area contributed by atoms with E-state index in [1.165, 1.54) is 5.56 Å². The molecule has 0 N–H and O–H groups in total. The minimum Gasteiger partial charge on any atom is -0.312 e. The Bertz CT molecular complexity index is 371. The summed E-state index contributed by atoms with van der Waals surface area (Å²) in [6.07, 6.45) is 2.15. The molecule has 0 aromatic heterocycles. The quantitative estimate of drug-likeness (QED) is 0.757. The van der Waals surface area contributed by atoms with E-state index in [9.17, 15) is 4.79 Å². The Balaban J connectivity index is 2.93. The van der Waals surface area contributed by atoms with Crippen molar-refractivity contribution < 1.29 is 4.79 Å². The van der Waals surface area contributed by atoms with Crippen molar-refractivity contribution in [3.63, 3.8) is 0 Å². The SMILES string of the molecule is CCCCN(C(=O)C(C)C)c1cccc(C)c1. The second-order valence-corrected chi connectivity index (χ2v) is 4.84. The van der Waals surface area contributed by atoms with E-state index in [2.05, 4.69) is 26.0 Å². The molecule has 0 fully saturated rings. The van der Waals surface area contributed by atoms with Crippen molar-refractivity contribution >= 4 is 11.6 Å². The summed E-state index contributed by atoms with van der Waals surface area (Å²) < 4.78 is 0. The van der Waals surface area contributed by atoms with Crippen LogP contribution in [0, 0.1) is 12.8 Å². The highest BCUT2D eigenvalue weighted by Crippen LogP contribution is 2.19. The molecule has 0 aliphatic heterocycles.